The lowest BCUT2D eigenvalue weighted by atomic mass is 10.1. The molecule has 2 heterocycles. The van der Waals surface area contributed by atoms with Crippen molar-refractivity contribution in [1.82, 2.24) is 0 Å². The van der Waals surface area contributed by atoms with E-state index in [9.17, 15) is 0 Å². The molecule has 0 fully saturated rings. The molecule has 0 atom stereocenters. The van der Waals surface area contributed by atoms with Crippen LogP contribution in [-0.2, 0) is 0 Å². The fraction of sp³-hybridized carbons (Fsp3) is 0.167. The van der Waals surface area contributed by atoms with Gasteiger partial charge in [-0.2, -0.15) is 10.5 Å². The van der Waals surface area contributed by atoms with Crippen LogP contribution >= 0.6 is 22.7 Å². The minimum atomic E-state index is 0.520. The summed E-state index contributed by atoms with van der Waals surface area (Å²) in [6.07, 6.45) is 0. The number of rotatable bonds is 1. The Kier molecular flexibility index (Phi) is 2.78. The minimum absolute atomic E-state index is 0.520. The predicted octanol–water partition coefficient (Wildman–Crippen LogP) is 3.84. The Labute approximate surface area is 102 Å². The molecular formula is C12H8N2S2. The van der Waals surface area contributed by atoms with Gasteiger partial charge in [0.1, 0.15) is 12.1 Å². The molecule has 4 heteroatoms. The van der Waals surface area contributed by atoms with Crippen LogP contribution in [0.5, 0.6) is 0 Å². The highest BCUT2D eigenvalue weighted by atomic mass is 32.1. The molecule has 2 nitrogen and oxygen atoms in total. The highest BCUT2D eigenvalue weighted by Gasteiger charge is 2.17. The number of nitriles is 2. The van der Waals surface area contributed by atoms with Crippen molar-refractivity contribution in [3.63, 3.8) is 0 Å². The monoisotopic (exact) mass is 244 g/mol. The third-order valence-corrected chi connectivity index (χ3v) is 4.56. The summed E-state index contributed by atoms with van der Waals surface area (Å²) in [5.74, 6) is 0. The van der Waals surface area contributed by atoms with E-state index in [1.807, 2.05) is 26.0 Å². The van der Waals surface area contributed by atoms with Gasteiger partial charge in [0.05, 0.1) is 16.0 Å². The Balaban J connectivity index is 2.68. The molecule has 2 rings (SSSR count). The zero-order valence-electron chi connectivity index (χ0n) is 8.87. The number of aryl methyl sites for hydroxylation is 2. The van der Waals surface area contributed by atoms with E-state index in [2.05, 4.69) is 12.1 Å². The average molecular weight is 244 g/mol. The van der Waals surface area contributed by atoms with Crippen molar-refractivity contribution in [2.24, 2.45) is 0 Å². The maximum atomic E-state index is 9.12. The molecule has 0 unspecified atom stereocenters. The van der Waals surface area contributed by atoms with Gasteiger partial charge in [0.15, 0.2) is 0 Å². The maximum absolute atomic E-state index is 9.12. The van der Waals surface area contributed by atoms with E-state index in [0.29, 0.717) is 11.1 Å². The highest BCUT2D eigenvalue weighted by Crippen LogP contribution is 2.38. The van der Waals surface area contributed by atoms with E-state index in [-0.39, 0.29) is 0 Å². The zero-order chi connectivity index (χ0) is 11.7. The molecule has 0 saturated heterocycles. The first-order valence-electron chi connectivity index (χ1n) is 4.67. The standard InChI is InChI=1S/C12H8N2S2/c1-7-3-4-11(15-7)12-10(6-14)9(5-13)8(2)16-12/h3-4H,1-2H3. The summed E-state index contributed by atoms with van der Waals surface area (Å²) in [5, 5.41) is 18.1. The molecule has 2 aromatic rings. The van der Waals surface area contributed by atoms with Crippen LogP contribution in [0.15, 0.2) is 12.1 Å². The van der Waals surface area contributed by atoms with Crippen LogP contribution in [0.25, 0.3) is 9.75 Å². The van der Waals surface area contributed by atoms with Gasteiger partial charge in [-0.25, -0.2) is 0 Å². The van der Waals surface area contributed by atoms with E-state index < -0.39 is 0 Å². The first kappa shape index (κ1) is 10.9. The molecule has 0 spiro atoms. The maximum Gasteiger partial charge on any atom is 0.102 e. The summed E-state index contributed by atoms with van der Waals surface area (Å²) in [7, 11) is 0. The van der Waals surface area contributed by atoms with Crippen molar-refractivity contribution in [2.45, 2.75) is 13.8 Å². The van der Waals surface area contributed by atoms with Crippen LogP contribution < -0.4 is 0 Å². The van der Waals surface area contributed by atoms with Gasteiger partial charge in [0, 0.05) is 14.6 Å². The van der Waals surface area contributed by atoms with Gasteiger partial charge < -0.3 is 0 Å². The SMILES string of the molecule is Cc1ccc(-c2sc(C)c(C#N)c2C#N)s1. The third kappa shape index (κ3) is 1.63. The molecule has 0 N–H and O–H groups in total. The Hall–Kier alpha value is -1.62. The molecule has 0 aliphatic rings. The Morgan fingerprint density at radius 2 is 1.69 bits per heavy atom. The fourth-order valence-corrected chi connectivity index (χ4v) is 3.55. The van der Waals surface area contributed by atoms with Crippen molar-refractivity contribution < 1.29 is 0 Å². The Bertz CT molecular complexity index is 620. The highest BCUT2D eigenvalue weighted by molar-refractivity contribution is 7.22. The van der Waals surface area contributed by atoms with E-state index in [1.54, 1.807) is 11.3 Å². The normalized spacial score (nSPS) is 9.75. The Morgan fingerprint density at radius 1 is 1.00 bits per heavy atom. The lowest BCUT2D eigenvalue weighted by molar-refractivity contribution is 1.43. The van der Waals surface area contributed by atoms with Crippen LogP contribution in [-0.4, -0.2) is 0 Å². The van der Waals surface area contributed by atoms with Crippen molar-refractivity contribution >= 4 is 22.7 Å². The topological polar surface area (TPSA) is 47.6 Å². The van der Waals surface area contributed by atoms with Crippen molar-refractivity contribution in [3.05, 3.63) is 33.0 Å². The predicted molar refractivity (Wildman–Crippen MR) is 66.5 cm³/mol. The van der Waals surface area contributed by atoms with Crippen LogP contribution in [0.3, 0.4) is 0 Å². The summed E-state index contributed by atoms with van der Waals surface area (Å²) in [6.45, 7) is 3.92. The second kappa shape index (κ2) is 4.09. The van der Waals surface area contributed by atoms with Crippen LogP contribution in [0, 0.1) is 36.5 Å². The van der Waals surface area contributed by atoms with E-state index in [1.165, 1.54) is 16.2 Å². The minimum Gasteiger partial charge on any atom is -0.192 e. The average Bonchev–Trinajstić information content (AvgIpc) is 2.81. The molecule has 0 radical (unpaired) electrons. The van der Waals surface area contributed by atoms with E-state index in [4.69, 9.17) is 10.5 Å². The smallest absolute Gasteiger partial charge is 0.102 e. The first-order valence-corrected chi connectivity index (χ1v) is 6.31. The number of hydrogen-bond acceptors (Lipinski definition) is 4. The summed E-state index contributed by atoms with van der Waals surface area (Å²) in [6, 6.07) is 8.28. The second-order valence-electron chi connectivity index (χ2n) is 3.37. The largest absolute Gasteiger partial charge is 0.192 e. The lowest BCUT2D eigenvalue weighted by Gasteiger charge is -1.91. The van der Waals surface area contributed by atoms with Gasteiger partial charge in [-0.1, -0.05) is 0 Å². The van der Waals surface area contributed by atoms with Gasteiger partial charge in [0.2, 0.25) is 0 Å². The molecule has 0 amide bonds. The summed E-state index contributed by atoms with van der Waals surface area (Å²) >= 11 is 3.17. The zero-order valence-corrected chi connectivity index (χ0v) is 10.5. The summed E-state index contributed by atoms with van der Waals surface area (Å²) in [4.78, 5) is 4.13. The Morgan fingerprint density at radius 3 is 2.19 bits per heavy atom. The molecular weight excluding hydrogens is 236 g/mol. The van der Waals surface area contributed by atoms with Gasteiger partial charge in [-0.15, -0.1) is 22.7 Å². The number of nitrogens with zero attached hydrogens (tertiary/aromatic N) is 2. The van der Waals surface area contributed by atoms with Crippen molar-refractivity contribution in [3.8, 4) is 21.9 Å². The number of thiophene rings is 2. The third-order valence-electron chi connectivity index (χ3n) is 2.27. The van der Waals surface area contributed by atoms with Crippen LogP contribution in [0.4, 0.5) is 0 Å². The van der Waals surface area contributed by atoms with Gasteiger partial charge in [-0.3, -0.25) is 0 Å². The summed E-state index contributed by atoms with van der Waals surface area (Å²) < 4.78 is 0. The van der Waals surface area contributed by atoms with Gasteiger partial charge in [0.25, 0.3) is 0 Å². The molecule has 0 aromatic carbocycles. The first-order chi connectivity index (χ1) is 7.67. The quantitative estimate of drug-likeness (QED) is 0.765. The van der Waals surface area contributed by atoms with Gasteiger partial charge in [-0.05, 0) is 26.0 Å². The lowest BCUT2D eigenvalue weighted by Crippen LogP contribution is -1.79. The molecule has 78 valence electrons. The molecule has 2 aromatic heterocycles. The van der Waals surface area contributed by atoms with Crippen LogP contribution in [0.1, 0.15) is 20.9 Å². The molecule has 16 heavy (non-hydrogen) atoms. The molecule has 0 bridgehead atoms. The molecule has 0 saturated carbocycles. The van der Waals surface area contributed by atoms with E-state index >= 15 is 0 Å². The van der Waals surface area contributed by atoms with E-state index in [0.717, 1.165) is 14.6 Å². The summed E-state index contributed by atoms with van der Waals surface area (Å²) in [5.41, 5.74) is 1.04. The van der Waals surface area contributed by atoms with Crippen molar-refractivity contribution in [2.75, 3.05) is 0 Å². The molecule has 0 aliphatic carbocycles. The van der Waals surface area contributed by atoms with Gasteiger partial charge >= 0.3 is 0 Å². The van der Waals surface area contributed by atoms with Crippen LogP contribution in [0.2, 0.25) is 0 Å². The molecule has 0 aliphatic heterocycles. The number of hydrogen-bond donors (Lipinski definition) is 0. The van der Waals surface area contributed by atoms with Crippen molar-refractivity contribution in [1.29, 1.82) is 10.5 Å². The second-order valence-corrected chi connectivity index (χ2v) is 5.88. The fourth-order valence-electron chi connectivity index (χ4n) is 1.52.